The summed E-state index contributed by atoms with van der Waals surface area (Å²) in [6.45, 7) is 4.11. The third-order valence-electron chi connectivity index (χ3n) is 4.34. The van der Waals surface area contributed by atoms with Crippen molar-refractivity contribution in [3.8, 4) is 0 Å². The van der Waals surface area contributed by atoms with Gasteiger partial charge in [-0.3, -0.25) is 9.59 Å². The molecule has 134 valence electrons. The topological polar surface area (TPSA) is 75.2 Å². The number of likely N-dealkylation sites (tertiary alicyclic amines) is 1. The summed E-state index contributed by atoms with van der Waals surface area (Å²) in [5, 5.41) is 8.98. The second kappa shape index (κ2) is 8.53. The van der Waals surface area contributed by atoms with Crippen molar-refractivity contribution in [1.29, 1.82) is 0 Å². The van der Waals surface area contributed by atoms with Gasteiger partial charge in [0.1, 0.15) is 4.88 Å². The lowest BCUT2D eigenvalue weighted by molar-refractivity contribution is 0.0674. The lowest BCUT2D eigenvalue weighted by Crippen LogP contribution is -2.43. The Kier molecular flexibility index (Phi) is 6.14. The number of nitrogens with zero attached hydrogens (tertiary/aromatic N) is 3. The first-order valence-electron chi connectivity index (χ1n) is 8.61. The molecule has 0 radical (unpaired) electrons. The Balaban J connectivity index is 1.56. The molecule has 1 unspecified atom stereocenters. The van der Waals surface area contributed by atoms with Crippen molar-refractivity contribution in [2.24, 2.45) is 5.92 Å². The number of rotatable bonds is 6. The molecule has 0 aromatic carbocycles. The van der Waals surface area contributed by atoms with Gasteiger partial charge in [0.2, 0.25) is 0 Å². The third kappa shape index (κ3) is 4.43. The number of carbonyl (C=O) groups excluding carboxylic acids is 2. The zero-order valence-electron chi connectivity index (χ0n) is 14.2. The van der Waals surface area contributed by atoms with Crippen LogP contribution in [0.5, 0.6) is 0 Å². The minimum absolute atomic E-state index is 0.0321. The molecule has 1 N–H and O–H groups in total. The van der Waals surface area contributed by atoms with E-state index >= 15 is 0 Å². The van der Waals surface area contributed by atoms with Crippen LogP contribution in [0, 0.1) is 5.92 Å². The summed E-state index contributed by atoms with van der Waals surface area (Å²) in [5.74, 6) is 0.292. The van der Waals surface area contributed by atoms with E-state index < -0.39 is 0 Å². The number of piperidine rings is 1. The highest BCUT2D eigenvalue weighted by Gasteiger charge is 2.27. The number of hydrogen-bond acceptors (Lipinski definition) is 6. The molecule has 2 aromatic rings. The van der Waals surface area contributed by atoms with Gasteiger partial charge in [-0.25, -0.2) is 0 Å². The lowest BCUT2D eigenvalue weighted by atomic mass is 9.97. The van der Waals surface area contributed by atoms with Crippen molar-refractivity contribution < 1.29 is 9.59 Å². The summed E-state index contributed by atoms with van der Waals surface area (Å²) in [6, 6.07) is 3.69. The van der Waals surface area contributed by atoms with Gasteiger partial charge in [0.25, 0.3) is 11.8 Å². The molecule has 6 nitrogen and oxygen atoms in total. The van der Waals surface area contributed by atoms with Crippen molar-refractivity contribution in [3.05, 3.63) is 33.0 Å². The molecule has 1 aliphatic rings. The van der Waals surface area contributed by atoms with Crippen molar-refractivity contribution in [2.45, 2.75) is 32.6 Å². The molecule has 3 rings (SSSR count). The number of nitrogens with one attached hydrogen (secondary N) is 1. The van der Waals surface area contributed by atoms with Gasteiger partial charge in [0.05, 0.1) is 10.6 Å². The first kappa shape index (κ1) is 18.0. The van der Waals surface area contributed by atoms with Crippen LogP contribution < -0.4 is 5.32 Å². The molecule has 0 aliphatic carbocycles. The van der Waals surface area contributed by atoms with Crippen molar-refractivity contribution in [1.82, 2.24) is 19.8 Å². The molecule has 0 spiro atoms. The summed E-state index contributed by atoms with van der Waals surface area (Å²) >= 11 is 2.63. The van der Waals surface area contributed by atoms with Gasteiger partial charge in [0.15, 0.2) is 0 Å². The lowest BCUT2D eigenvalue weighted by Gasteiger charge is -2.32. The molecule has 0 bridgehead atoms. The normalized spacial score (nSPS) is 17.5. The summed E-state index contributed by atoms with van der Waals surface area (Å²) in [6.07, 6.45) is 3.71. The smallest absolute Gasteiger partial charge is 0.267 e. The fourth-order valence-corrected chi connectivity index (χ4v) is 4.38. The highest BCUT2D eigenvalue weighted by molar-refractivity contribution is 7.12. The largest absolute Gasteiger partial charge is 0.351 e. The molecule has 1 saturated heterocycles. The molecule has 2 aromatic heterocycles. The van der Waals surface area contributed by atoms with Crippen LogP contribution >= 0.6 is 22.9 Å². The molecule has 2 amide bonds. The molecule has 1 aliphatic heterocycles. The van der Waals surface area contributed by atoms with Gasteiger partial charge < -0.3 is 10.2 Å². The van der Waals surface area contributed by atoms with Gasteiger partial charge in [-0.15, -0.1) is 16.4 Å². The molecule has 3 heterocycles. The number of aryl methyl sites for hydroxylation is 1. The Morgan fingerprint density at radius 1 is 1.44 bits per heavy atom. The summed E-state index contributed by atoms with van der Waals surface area (Å²) in [4.78, 5) is 28.2. The zero-order valence-corrected chi connectivity index (χ0v) is 15.9. The van der Waals surface area contributed by atoms with E-state index in [0.29, 0.717) is 18.0 Å². The van der Waals surface area contributed by atoms with E-state index in [1.54, 1.807) is 0 Å². The Hall–Kier alpha value is -1.80. The van der Waals surface area contributed by atoms with Gasteiger partial charge in [-0.2, -0.15) is 0 Å². The molecular formula is C17H22N4O2S2. The van der Waals surface area contributed by atoms with Crippen LogP contribution in [0.25, 0.3) is 0 Å². The number of amides is 2. The first-order chi connectivity index (χ1) is 12.2. The van der Waals surface area contributed by atoms with Crippen LogP contribution in [0.1, 0.15) is 51.2 Å². The standard InChI is InChI=1S/C17H22N4O2S2/c1-2-5-13-15(25-20-19-13)17(23)21-8-3-6-12(11-21)10-18-16(22)14-7-4-9-24-14/h4,7,9,12H,2-3,5-6,8,10-11H2,1H3,(H,18,22). The maximum Gasteiger partial charge on any atom is 0.267 e. The average Bonchev–Trinajstić information content (AvgIpc) is 3.31. The van der Waals surface area contributed by atoms with Gasteiger partial charge in [-0.1, -0.05) is 23.9 Å². The minimum Gasteiger partial charge on any atom is -0.351 e. The van der Waals surface area contributed by atoms with E-state index in [1.807, 2.05) is 22.4 Å². The molecular weight excluding hydrogens is 356 g/mol. The van der Waals surface area contributed by atoms with Crippen molar-refractivity contribution >= 4 is 34.7 Å². The molecule has 1 atom stereocenters. The predicted molar refractivity (Wildman–Crippen MR) is 99.2 cm³/mol. The van der Waals surface area contributed by atoms with Crippen LogP contribution in [0.2, 0.25) is 0 Å². The van der Waals surface area contributed by atoms with E-state index in [4.69, 9.17) is 0 Å². The average molecular weight is 379 g/mol. The highest BCUT2D eigenvalue weighted by atomic mass is 32.1. The van der Waals surface area contributed by atoms with Crippen LogP contribution in [0.4, 0.5) is 0 Å². The van der Waals surface area contributed by atoms with Gasteiger partial charge in [-0.05, 0) is 48.2 Å². The third-order valence-corrected chi connectivity index (χ3v) is 5.96. The fraction of sp³-hybridized carbons (Fsp3) is 0.529. The second-order valence-electron chi connectivity index (χ2n) is 6.25. The predicted octanol–water partition coefficient (Wildman–Crippen LogP) is 2.83. The fourth-order valence-electron chi connectivity index (χ4n) is 3.06. The van der Waals surface area contributed by atoms with Crippen LogP contribution in [0.15, 0.2) is 17.5 Å². The van der Waals surface area contributed by atoms with E-state index in [9.17, 15) is 9.59 Å². The highest BCUT2D eigenvalue weighted by Crippen LogP contribution is 2.21. The van der Waals surface area contributed by atoms with Gasteiger partial charge in [0, 0.05) is 19.6 Å². The number of carbonyl (C=O) groups is 2. The SMILES string of the molecule is CCCc1nnsc1C(=O)N1CCCC(CNC(=O)c2cccs2)C1. The van der Waals surface area contributed by atoms with Gasteiger partial charge >= 0.3 is 0 Å². The molecule has 25 heavy (non-hydrogen) atoms. The van der Waals surface area contributed by atoms with E-state index in [-0.39, 0.29) is 17.7 Å². The monoisotopic (exact) mass is 378 g/mol. The van der Waals surface area contributed by atoms with E-state index in [1.165, 1.54) is 22.9 Å². The molecule has 1 fully saturated rings. The van der Waals surface area contributed by atoms with Crippen LogP contribution in [0.3, 0.4) is 0 Å². The van der Waals surface area contributed by atoms with Crippen molar-refractivity contribution in [2.75, 3.05) is 19.6 Å². The Labute approximate surface area is 155 Å². The summed E-state index contributed by atoms with van der Waals surface area (Å²) < 4.78 is 3.95. The number of thiophene rings is 1. The molecule has 0 saturated carbocycles. The minimum atomic E-state index is -0.0321. The molecule has 8 heteroatoms. The second-order valence-corrected chi connectivity index (χ2v) is 7.95. The zero-order chi connectivity index (χ0) is 17.6. The number of hydrogen-bond donors (Lipinski definition) is 1. The Bertz CT molecular complexity index is 714. The maximum absolute atomic E-state index is 12.8. The summed E-state index contributed by atoms with van der Waals surface area (Å²) in [5.41, 5.74) is 0.811. The number of aromatic nitrogens is 2. The maximum atomic E-state index is 12.8. The first-order valence-corrected chi connectivity index (χ1v) is 10.3. The van der Waals surface area contributed by atoms with E-state index in [2.05, 4.69) is 21.8 Å². The van der Waals surface area contributed by atoms with E-state index in [0.717, 1.165) is 42.8 Å². The quantitative estimate of drug-likeness (QED) is 0.839. The summed E-state index contributed by atoms with van der Waals surface area (Å²) in [7, 11) is 0. The Morgan fingerprint density at radius 2 is 2.32 bits per heavy atom. The Morgan fingerprint density at radius 3 is 3.08 bits per heavy atom. The van der Waals surface area contributed by atoms with Crippen LogP contribution in [-0.2, 0) is 6.42 Å². The van der Waals surface area contributed by atoms with Crippen molar-refractivity contribution in [3.63, 3.8) is 0 Å². The van der Waals surface area contributed by atoms with Crippen LogP contribution in [-0.4, -0.2) is 45.9 Å².